The Labute approximate surface area is 158 Å². The van der Waals surface area contributed by atoms with E-state index in [9.17, 15) is 0 Å². The monoisotopic (exact) mass is 359 g/mol. The van der Waals surface area contributed by atoms with Gasteiger partial charge in [0, 0.05) is 11.9 Å². The molecule has 0 saturated carbocycles. The molecule has 0 unspecified atom stereocenters. The lowest BCUT2D eigenvalue weighted by Crippen LogP contribution is -2.03. The molecule has 0 aliphatic rings. The van der Waals surface area contributed by atoms with Crippen molar-refractivity contribution in [2.45, 2.75) is 31.3 Å². The number of nitrogens with zero attached hydrogens (tertiary/aromatic N) is 3. The van der Waals surface area contributed by atoms with E-state index in [0.717, 1.165) is 28.5 Å². The van der Waals surface area contributed by atoms with Crippen LogP contribution in [-0.4, -0.2) is 14.5 Å². The van der Waals surface area contributed by atoms with Crippen LogP contribution in [0.3, 0.4) is 0 Å². The van der Waals surface area contributed by atoms with Gasteiger partial charge in [0.05, 0.1) is 23.8 Å². The van der Waals surface area contributed by atoms with Crippen molar-refractivity contribution >= 4 is 22.8 Å². The van der Waals surface area contributed by atoms with Crippen LogP contribution in [0.25, 0.3) is 11.0 Å². The van der Waals surface area contributed by atoms with E-state index in [1.54, 1.807) is 11.8 Å². The molecule has 4 rings (SSSR count). The van der Waals surface area contributed by atoms with Crippen molar-refractivity contribution in [3.63, 3.8) is 0 Å². The van der Waals surface area contributed by atoms with Crippen LogP contribution in [0, 0.1) is 13.8 Å². The van der Waals surface area contributed by atoms with Gasteiger partial charge in [-0.25, -0.2) is 4.98 Å². The number of aromatic nitrogens is 3. The SMILES string of the molecule is Cc1ccccc1CSc1nc2ccncc2n1Cc1ccccc1C. The maximum atomic E-state index is 4.87. The highest BCUT2D eigenvalue weighted by molar-refractivity contribution is 7.98. The van der Waals surface area contributed by atoms with E-state index in [2.05, 4.69) is 71.9 Å². The molecule has 26 heavy (non-hydrogen) atoms. The third kappa shape index (κ3) is 3.37. The Hall–Kier alpha value is -2.59. The minimum absolute atomic E-state index is 0.810. The van der Waals surface area contributed by atoms with Crippen LogP contribution in [0.4, 0.5) is 0 Å². The first-order valence-corrected chi connectivity index (χ1v) is 9.73. The summed E-state index contributed by atoms with van der Waals surface area (Å²) in [5, 5.41) is 1.04. The van der Waals surface area contributed by atoms with Crippen LogP contribution >= 0.6 is 11.8 Å². The number of hydrogen-bond acceptors (Lipinski definition) is 3. The van der Waals surface area contributed by atoms with Gasteiger partial charge >= 0.3 is 0 Å². The Morgan fingerprint density at radius 2 is 1.58 bits per heavy atom. The highest BCUT2D eigenvalue weighted by Crippen LogP contribution is 2.28. The predicted octanol–water partition coefficient (Wildman–Crippen LogP) is 5.39. The Bertz CT molecular complexity index is 1050. The first-order valence-electron chi connectivity index (χ1n) is 8.74. The summed E-state index contributed by atoms with van der Waals surface area (Å²) in [7, 11) is 0. The first-order chi connectivity index (χ1) is 12.7. The molecule has 0 N–H and O–H groups in total. The lowest BCUT2D eigenvalue weighted by atomic mass is 10.1. The summed E-state index contributed by atoms with van der Waals surface area (Å²) in [6, 6.07) is 19.1. The molecule has 4 aromatic rings. The third-order valence-electron chi connectivity index (χ3n) is 4.72. The highest BCUT2D eigenvalue weighted by atomic mass is 32.2. The Morgan fingerprint density at radius 1 is 0.885 bits per heavy atom. The molecular weight excluding hydrogens is 338 g/mol. The molecular formula is C22H21N3S. The topological polar surface area (TPSA) is 30.7 Å². The summed E-state index contributed by atoms with van der Waals surface area (Å²) in [5.74, 6) is 0.914. The molecule has 0 amide bonds. The minimum atomic E-state index is 0.810. The largest absolute Gasteiger partial charge is 0.313 e. The molecule has 0 fully saturated rings. The second-order valence-electron chi connectivity index (χ2n) is 6.49. The van der Waals surface area contributed by atoms with Crippen molar-refractivity contribution in [3.05, 3.63) is 89.2 Å². The van der Waals surface area contributed by atoms with Crippen molar-refractivity contribution in [1.29, 1.82) is 0 Å². The second kappa shape index (κ2) is 7.34. The molecule has 3 nitrogen and oxygen atoms in total. The summed E-state index contributed by atoms with van der Waals surface area (Å²) < 4.78 is 2.29. The van der Waals surface area contributed by atoms with Crippen molar-refractivity contribution < 1.29 is 0 Å². The number of hydrogen-bond donors (Lipinski definition) is 0. The summed E-state index contributed by atoms with van der Waals surface area (Å²) in [6.07, 6.45) is 3.72. The van der Waals surface area contributed by atoms with E-state index < -0.39 is 0 Å². The van der Waals surface area contributed by atoms with Gasteiger partial charge in [-0.2, -0.15) is 0 Å². The van der Waals surface area contributed by atoms with Gasteiger partial charge in [-0.15, -0.1) is 0 Å². The number of thioether (sulfide) groups is 1. The number of rotatable bonds is 5. The van der Waals surface area contributed by atoms with Crippen molar-refractivity contribution in [1.82, 2.24) is 14.5 Å². The molecule has 0 aliphatic carbocycles. The van der Waals surface area contributed by atoms with Crippen LogP contribution in [0.2, 0.25) is 0 Å². The van der Waals surface area contributed by atoms with E-state index in [1.807, 2.05) is 18.5 Å². The number of aryl methyl sites for hydroxylation is 2. The summed E-state index contributed by atoms with van der Waals surface area (Å²) in [4.78, 5) is 9.18. The van der Waals surface area contributed by atoms with Gasteiger partial charge in [0.1, 0.15) is 0 Å². The number of pyridine rings is 1. The second-order valence-corrected chi connectivity index (χ2v) is 7.43. The average molecular weight is 359 g/mol. The minimum Gasteiger partial charge on any atom is -0.313 e. The van der Waals surface area contributed by atoms with E-state index in [-0.39, 0.29) is 0 Å². The van der Waals surface area contributed by atoms with Crippen molar-refractivity contribution in [2.24, 2.45) is 0 Å². The lowest BCUT2D eigenvalue weighted by molar-refractivity contribution is 0.727. The first kappa shape index (κ1) is 16.9. The fourth-order valence-corrected chi connectivity index (χ4v) is 4.17. The Morgan fingerprint density at radius 3 is 2.31 bits per heavy atom. The fraction of sp³-hybridized carbons (Fsp3) is 0.182. The van der Waals surface area contributed by atoms with Crippen LogP contribution in [0.15, 0.2) is 72.1 Å². The smallest absolute Gasteiger partial charge is 0.169 e. The summed E-state index contributed by atoms with van der Waals surface area (Å²) >= 11 is 1.79. The molecule has 2 aromatic carbocycles. The predicted molar refractivity (Wildman–Crippen MR) is 109 cm³/mol. The van der Waals surface area contributed by atoms with Gasteiger partial charge in [0.15, 0.2) is 5.16 Å². The van der Waals surface area contributed by atoms with Gasteiger partial charge in [-0.05, 0) is 42.2 Å². The molecule has 0 bridgehead atoms. The zero-order valence-corrected chi connectivity index (χ0v) is 15.8. The molecule has 2 heterocycles. The standard InChI is InChI=1S/C22H21N3S/c1-16-7-3-5-9-18(16)14-25-21-13-23-12-11-20(21)24-22(25)26-15-19-10-6-4-8-17(19)2/h3-13H,14-15H2,1-2H3. The molecule has 4 heteroatoms. The van der Waals surface area contributed by atoms with E-state index >= 15 is 0 Å². The molecule has 0 radical (unpaired) electrons. The summed E-state index contributed by atoms with van der Waals surface area (Å²) in [5.41, 5.74) is 7.37. The van der Waals surface area contributed by atoms with Gasteiger partial charge in [-0.1, -0.05) is 60.3 Å². The van der Waals surface area contributed by atoms with Gasteiger partial charge in [0.2, 0.25) is 0 Å². The summed E-state index contributed by atoms with van der Waals surface area (Å²) in [6.45, 7) is 5.13. The van der Waals surface area contributed by atoms with E-state index in [0.29, 0.717) is 0 Å². The normalized spacial score (nSPS) is 11.2. The van der Waals surface area contributed by atoms with Gasteiger partial charge < -0.3 is 4.57 Å². The Kier molecular flexibility index (Phi) is 4.76. The number of benzene rings is 2. The van der Waals surface area contributed by atoms with E-state index in [4.69, 9.17) is 4.98 Å². The lowest BCUT2D eigenvalue weighted by Gasteiger charge is -2.11. The number of imidazole rings is 1. The molecule has 0 atom stereocenters. The quantitative estimate of drug-likeness (QED) is 0.448. The molecule has 2 aromatic heterocycles. The maximum absolute atomic E-state index is 4.87. The van der Waals surface area contributed by atoms with Gasteiger partial charge in [0.25, 0.3) is 0 Å². The van der Waals surface area contributed by atoms with Crippen LogP contribution in [0.5, 0.6) is 0 Å². The highest BCUT2D eigenvalue weighted by Gasteiger charge is 2.13. The zero-order chi connectivity index (χ0) is 17.9. The molecule has 130 valence electrons. The van der Waals surface area contributed by atoms with Crippen molar-refractivity contribution in [2.75, 3.05) is 0 Å². The molecule has 0 aliphatic heterocycles. The zero-order valence-electron chi connectivity index (χ0n) is 15.0. The molecule has 0 saturated heterocycles. The van der Waals surface area contributed by atoms with Crippen LogP contribution in [0.1, 0.15) is 22.3 Å². The van der Waals surface area contributed by atoms with Gasteiger partial charge in [-0.3, -0.25) is 4.98 Å². The number of fused-ring (bicyclic) bond motifs is 1. The average Bonchev–Trinajstić information content (AvgIpc) is 3.01. The van der Waals surface area contributed by atoms with E-state index in [1.165, 1.54) is 22.3 Å². The fourth-order valence-electron chi connectivity index (χ4n) is 3.08. The van der Waals surface area contributed by atoms with Crippen LogP contribution < -0.4 is 0 Å². The third-order valence-corrected chi connectivity index (χ3v) is 5.75. The molecule has 0 spiro atoms. The Balaban J connectivity index is 1.70. The van der Waals surface area contributed by atoms with Crippen LogP contribution in [-0.2, 0) is 12.3 Å². The maximum Gasteiger partial charge on any atom is 0.169 e. The van der Waals surface area contributed by atoms with Crippen molar-refractivity contribution in [3.8, 4) is 0 Å².